The van der Waals surface area contributed by atoms with Crippen LogP contribution in [0.2, 0.25) is 0 Å². The van der Waals surface area contributed by atoms with Crippen LogP contribution in [0.25, 0.3) is 10.9 Å². The van der Waals surface area contributed by atoms with Gasteiger partial charge >= 0.3 is 0 Å². The molecule has 164 valence electrons. The lowest BCUT2D eigenvalue weighted by Crippen LogP contribution is -2.13. The van der Waals surface area contributed by atoms with Crippen LogP contribution in [0.4, 0.5) is 0 Å². The van der Waals surface area contributed by atoms with Crippen molar-refractivity contribution < 1.29 is 28.5 Å². The Bertz CT molecular complexity index is 1010. The molecule has 0 aliphatic carbocycles. The van der Waals surface area contributed by atoms with Crippen molar-refractivity contribution >= 4 is 16.8 Å². The molecule has 31 heavy (non-hydrogen) atoms. The van der Waals surface area contributed by atoms with Crippen LogP contribution in [0.3, 0.4) is 0 Å². The molecule has 1 aromatic heterocycles. The Kier molecular flexibility index (Phi) is 7.97. The summed E-state index contributed by atoms with van der Waals surface area (Å²) in [7, 11) is 3.21. The Labute approximate surface area is 180 Å². The standard InChI is InChI=1S/C22H25N3O6/c1-27-7-9-29-19-12-17-18(13-20(19)30-10-8-28-2)24-14-25-22(17)31-16-5-3-15(4-6-16)11-21(23)26/h3-6,12-14H,7-11H2,1-2H3,(H2,23,26). The molecule has 0 saturated carbocycles. The number of methoxy groups -OCH3 is 2. The normalized spacial score (nSPS) is 10.8. The van der Waals surface area contributed by atoms with Crippen LogP contribution < -0.4 is 19.9 Å². The van der Waals surface area contributed by atoms with Crippen molar-refractivity contribution in [3.05, 3.63) is 48.3 Å². The third kappa shape index (κ3) is 6.27. The quantitative estimate of drug-likeness (QED) is 0.439. The average Bonchev–Trinajstić information content (AvgIpc) is 2.75. The molecule has 0 atom stereocenters. The summed E-state index contributed by atoms with van der Waals surface area (Å²) in [4.78, 5) is 19.7. The SMILES string of the molecule is COCCOc1cc2ncnc(Oc3ccc(CC(N)=O)cc3)c2cc1OCCOC. The summed E-state index contributed by atoms with van der Waals surface area (Å²) < 4.78 is 27.7. The van der Waals surface area contributed by atoms with Gasteiger partial charge in [0.25, 0.3) is 0 Å². The number of carbonyl (C=O) groups is 1. The molecule has 0 saturated heterocycles. The maximum Gasteiger partial charge on any atom is 0.230 e. The molecule has 1 amide bonds. The Balaban J connectivity index is 1.88. The second-order valence-corrected chi connectivity index (χ2v) is 6.57. The first-order valence-electron chi connectivity index (χ1n) is 9.68. The van der Waals surface area contributed by atoms with Gasteiger partial charge in [-0.15, -0.1) is 0 Å². The minimum absolute atomic E-state index is 0.171. The molecular weight excluding hydrogens is 402 g/mol. The number of hydrogen-bond acceptors (Lipinski definition) is 8. The summed E-state index contributed by atoms with van der Waals surface area (Å²) in [6, 6.07) is 10.6. The predicted octanol–water partition coefficient (Wildman–Crippen LogP) is 2.50. The molecule has 0 bridgehead atoms. The highest BCUT2D eigenvalue weighted by molar-refractivity contribution is 5.87. The number of benzene rings is 2. The van der Waals surface area contributed by atoms with Crippen molar-refractivity contribution in [1.82, 2.24) is 9.97 Å². The molecule has 9 heteroatoms. The minimum atomic E-state index is -0.389. The van der Waals surface area contributed by atoms with Gasteiger partial charge in [0, 0.05) is 20.3 Å². The fourth-order valence-electron chi connectivity index (χ4n) is 2.81. The van der Waals surface area contributed by atoms with E-state index < -0.39 is 0 Å². The monoisotopic (exact) mass is 427 g/mol. The van der Waals surface area contributed by atoms with E-state index in [1.807, 2.05) is 0 Å². The number of carbonyl (C=O) groups excluding carboxylic acids is 1. The van der Waals surface area contributed by atoms with Crippen LogP contribution in [0.5, 0.6) is 23.1 Å². The molecule has 0 fully saturated rings. The van der Waals surface area contributed by atoms with E-state index in [0.717, 1.165) is 5.56 Å². The molecule has 0 spiro atoms. The first kappa shape index (κ1) is 22.3. The Morgan fingerprint density at radius 3 is 2.16 bits per heavy atom. The van der Waals surface area contributed by atoms with Crippen LogP contribution in [-0.4, -0.2) is 56.5 Å². The van der Waals surface area contributed by atoms with Gasteiger partial charge in [-0.3, -0.25) is 4.79 Å². The lowest BCUT2D eigenvalue weighted by atomic mass is 10.1. The van der Waals surface area contributed by atoms with Crippen LogP contribution in [-0.2, 0) is 20.7 Å². The second-order valence-electron chi connectivity index (χ2n) is 6.57. The third-order valence-corrected chi connectivity index (χ3v) is 4.27. The van der Waals surface area contributed by atoms with Crippen LogP contribution in [0.15, 0.2) is 42.7 Å². The van der Waals surface area contributed by atoms with E-state index in [1.165, 1.54) is 6.33 Å². The minimum Gasteiger partial charge on any atom is -0.487 e. The fourth-order valence-corrected chi connectivity index (χ4v) is 2.81. The number of rotatable bonds is 12. The Morgan fingerprint density at radius 1 is 0.903 bits per heavy atom. The largest absolute Gasteiger partial charge is 0.487 e. The van der Waals surface area contributed by atoms with Crippen molar-refractivity contribution in [3.63, 3.8) is 0 Å². The van der Waals surface area contributed by atoms with Gasteiger partial charge in [-0.05, 0) is 23.8 Å². The molecule has 1 heterocycles. The number of hydrogen-bond donors (Lipinski definition) is 1. The zero-order valence-corrected chi connectivity index (χ0v) is 17.5. The van der Waals surface area contributed by atoms with Crippen LogP contribution in [0, 0.1) is 0 Å². The highest BCUT2D eigenvalue weighted by atomic mass is 16.5. The summed E-state index contributed by atoms with van der Waals surface area (Å²) in [5, 5.41) is 0.662. The van der Waals surface area contributed by atoms with Gasteiger partial charge in [0.05, 0.1) is 30.5 Å². The van der Waals surface area contributed by atoms with E-state index in [-0.39, 0.29) is 12.3 Å². The molecular formula is C22H25N3O6. The molecule has 0 unspecified atom stereocenters. The average molecular weight is 427 g/mol. The molecule has 0 radical (unpaired) electrons. The summed E-state index contributed by atoms with van der Waals surface area (Å²) in [6.45, 7) is 1.60. The summed E-state index contributed by atoms with van der Waals surface area (Å²) in [5.74, 6) is 1.61. The van der Waals surface area contributed by atoms with Gasteiger partial charge in [0.2, 0.25) is 11.8 Å². The number of nitrogens with two attached hydrogens (primary N) is 1. The molecule has 3 rings (SSSR count). The fraction of sp³-hybridized carbons (Fsp3) is 0.318. The maximum atomic E-state index is 11.1. The highest BCUT2D eigenvalue weighted by Gasteiger charge is 2.14. The molecule has 3 aromatic rings. The van der Waals surface area contributed by atoms with E-state index in [1.54, 1.807) is 50.6 Å². The molecule has 0 aliphatic heterocycles. The Morgan fingerprint density at radius 2 is 1.55 bits per heavy atom. The van der Waals surface area contributed by atoms with Crippen molar-refractivity contribution in [2.45, 2.75) is 6.42 Å². The van der Waals surface area contributed by atoms with Crippen molar-refractivity contribution in [2.24, 2.45) is 5.73 Å². The van der Waals surface area contributed by atoms with Crippen molar-refractivity contribution in [2.75, 3.05) is 40.6 Å². The van der Waals surface area contributed by atoms with Crippen molar-refractivity contribution in [3.8, 4) is 23.1 Å². The van der Waals surface area contributed by atoms with Gasteiger partial charge in [0.15, 0.2) is 11.5 Å². The van der Waals surface area contributed by atoms with Gasteiger partial charge in [-0.25, -0.2) is 9.97 Å². The van der Waals surface area contributed by atoms with Gasteiger partial charge in [0.1, 0.15) is 25.3 Å². The maximum absolute atomic E-state index is 11.1. The van der Waals surface area contributed by atoms with Gasteiger partial charge < -0.3 is 29.4 Å². The number of ether oxygens (including phenoxy) is 5. The van der Waals surface area contributed by atoms with Gasteiger partial charge in [-0.1, -0.05) is 12.1 Å². The zero-order valence-electron chi connectivity index (χ0n) is 17.5. The van der Waals surface area contributed by atoms with E-state index in [4.69, 9.17) is 29.4 Å². The number of fused-ring (bicyclic) bond motifs is 1. The Hall–Kier alpha value is -3.43. The van der Waals surface area contributed by atoms with Gasteiger partial charge in [-0.2, -0.15) is 0 Å². The van der Waals surface area contributed by atoms with E-state index in [2.05, 4.69) is 9.97 Å². The molecule has 2 N–H and O–H groups in total. The smallest absolute Gasteiger partial charge is 0.230 e. The second kappa shape index (κ2) is 11.1. The zero-order chi connectivity index (χ0) is 22.1. The van der Waals surface area contributed by atoms with Crippen LogP contribution >= 0.6 is 0 Å². The first-order valence-corrected chi connectivity index (χ1v) is 9.68. The third-order valence-electron chi connectivity index (χ3n) is 4.27. The lowest BCUT2D eigenvalue weighted by Gasteiger charge is -2.15. The summed E-state index contributed by atoms with van der Waals surface area (Å²) in [6.07, 6.45) is 1.59. The van der Waals surface area contributed by atoms with E-state index in [0.29, 0.717) is 60.5 Å². The lowest BCUT2D eigenvalue weighted by molar-refractivity contribution is -0.117. The van der Waals surface area contributed by atoms with Crippen molar-refractivity contribution in [1.29, 1.82) is 0 Å². The number of nitrogens with zero attached hydrogens (tertiary/aromatic N) is 2. The first-order chi connectivity index (χ1) is 15.1. The van der Waals surface area contributed by atoms with E-state index in [9.17, 15) is 4.79 Å². The topological polar surface area (TPSA) is 115 Å². The number of primary amides is 1. The molecule has 9 nitrogen and oxygen atoms in total. The number of amides is 1. The summed E-state index contributed by atoms with van der Waals surface area (Å²) >= 11 is 0. The van der Waals surface area contributed by atoms with E-state index >= 15 is 0 Å². The molecule has 2 aromatic carbocycles. The summed E-state index contributed by atoms with van der Waals surface area (Å²) in [5.41, 5.74) is 6.68. The molecule has 0 aliphatic rings. The number of aromatic nitrogens is 2. The highest BCUT2D eigenvalue weighted by Crippen LogP contribution is 2.36. The predicted molar refractivity (Wildman–Crippen MR) is 114 cm³/mol. The van der Waals surface area contributed by atoms with Crippen LogP contribution in [0.1, 0.15) is 5.56 Å².